The Kier molecular flexibility index (Phi) is 6.01. The first-order valence-corrected chi connectivity index (χ1v) is 9.65. The van der Waals surface area contributed by atoms with Gasteiger partial charge >= 0.3 is 6.09 Å². The number of nitrogens with one attached hydrogen (secondary N) is 4. The average molecular weight is 387 g/mol. The molecule has 0 unspecified atom stereocenters. The molecule has 28 heavy (non-hydrogen) atoms. The maximum absolute atomic E-state index is 11.9. The smallest absolute Gasteiger partial charge is 0.407 e. The molecular weight excluding hydrogens is 358 g/mol. The molecule has 3 rings (SSSR count). The fourth-order valence-corrected chi connectivity index (χ4v) is 3.15. The summed E-state index contributed by atoms with van der Waals surface area (Å²) in [5, 5.41) is 16.5. The highest BCUT2D eigenvalue weighted by Gasteiger charge is 2.25. The van der Waals surface area contributed by atoms with Crippen molar-refractivity contribution in [3.05, 3.63) is 24.0 Å². The van der Waals surface area contributed by atoms with Gasteiger partial charge in [-0.1, -0.05) is 0 Å². The Morgan fingerprint density at radius 1 is 1.18 bits per heavy atom. The lowest BCUT2D eigenvalue weighted by molar-refractivity contribution is 0.0492. The van der Waals surface area contributed by atoms with Crippen LogP contribution in [0.2, 0.25) is 0 Å². The van der Waals surface area contributed by atoms with Crippen LogP contribution in [0.5, 0.6) is 0 Å². The topological polar surface area (TPSA) is 117 Å². The first-order valence-electron chi connectivity index (χ1n) is 9.65. The summed E-state index contributed by atoms with van der Waals surface area (Å²) in [5.41, 5.74) is 0.500. The van der Waals surface area contributed by atoms with E-state index in [-0.39, 0.29) is 18.2 Å². The van der Waals surface area contributed by atoms with Gasteiger partial charge in [-0.25, -0.2) is 9.78 Å². The predicted octanol–water partition coefficient (Wildman–Crippen LogP) is 3.50. The number of hydrogen-bond acceptors (Lipinski definition) is 7. The largest absolute Gasteiger partial charge is 0.444 e. The molecule has 0 aliphatic heterocycles. The molecular formula is C19H29N7O2. The summed E-state index contributed by atoms with van der Waals surface area (Å²) in [4.78, 5) is 20.7. The van der Waals surface area contributed by atoms with Gasteiger partial charge < -0.3 is 20.7 Å². The van der Waals surface area contributed by atoms with Crippen molar-refractivity contribution in [3.8, 4) is 0 Å². The van der Waals surface area contributed by atoms with E-state index in [1.807, 2.05) is 33.8 Å². The second-order valence-electron chi connectivity index (χ2n) is 8.17. The van der Waals surface area contributed by atoms with Crippen LogP contribution >= 0.6 is 0 Å². The first kappa shape index (κ1) is 19.9. The number of nitrogens with zero attached hydrogens (tertiary/aromatic N) is 3. The summed E-state index contributed by atoms with van der Waals surface area (Å²) in [7, 11) is 0. The number of aromatic amines is 1. The predicted molar refractivity (Wildman–Crippen MR) is 108 cm³/mol. The molecule has 2 aromatic rings. The minimum Gasteiger partial charge on any atom is -0.444 e. The van der Waals surface area contributed by atoms with Gasteiger partial charge in [0.15, 0.2) is 5.82 Å². The maximum atomic E-state index is 11.9. The van der Waals surface area contributed by atoms with Crippen molar-refractivity contribution in [1.82, 2.24) is 25.5 Å². The van der Waals surface area contributed by atoms with Gasteiger partial charge in [0.25, 0.3) is 0 Å². The lowest BCUT2D eigenvalue weighted by Gasteiger charge is -2.30. The molecule has 1 aliphatic rings. The number of aryl methyl sites for hydroxylation is 1. The van der Waals surface area contributed by atoms with Crippen LogP contribution < -0.4 is 16.0 Å². The van der Waals surface area contributed by atoms with Gasteiger partial charge in [-0.05, 0) is 59.4 Å². The summed E-state index contributed by atoms with van der Waals surface area (Å²) < 4.78 is 5.33. The first-order chi connectivity index (χ1) is 13.3. The Hall–Kier alpha value is -2.84. The van der Waals surface area contributed by atoms with Crippen molar-refractivity contribution >= 4 is 23.7 Å². The summed E-state index contributed by atoms with van der Waals surface area (Å²) in [6, 6.07) is 4.13. The third-order valence-corrected chi connectivity index (χ3v) is 4.40. The maximum Gasteiger partial charge on any atom is 0.407 e. The highest BCUT2D eigenvalue weighted by molar-refractivity contribution is 5.68. The number of alkyl carbamates (subject to hydrolysis) is 1. The van der Waals surface area contributed by atoms with E-state index in [1.54, 1.807) is 12.3 Å². The molecule has 1 fully saturated rings. The zero-order chi connectivity index (χ0) is 20.1. The van der Waals surface area contributed by atoms with E-state index in [0.29, 0.717) is 11.8 Å². The monoisotopic (exact) mass is 387 g/mol. The molecule has 0 saturated heterocycles. The number of amides is 1. The fraction of sp³-hybridized carbons (Fsp3) is 0.579. The van der Waals surface area contributed by atoms with Crippen molar-refractivity contribution in [3.63, 3.8) is 0 Å². The van der Waals surface area contributed by atoms with Crippen molar-refractivity contribution in [2.75, 3.05) is 10.6 Å². The van der Waals surface area contributed by atoms with Crippen LogP contribution in [0.3, 0.4) is 0 Å². The van der Waals surface area contributed by atoms with Crippen LogP contribution in [0.25, 0.3) is 0 Å². The van der Waals surface area contributed by atoms with E-state index in [2.05, 4.69) is 36.1 Å². The fourth-order valence-electron chi connectivity index (χ4n) is 3.15. The number of aromatic nitrogens is 4. The second kappa shape index (κ2) is 8.45. The van der Waals surface area contributed by atoms with E-state index in [4.69, 9.17) is 4.74 Å². The van der Waals surface area contributed by atoms with Gasteiger partial charge in [0.05, 0.1) is 0 Å². The van der Waals surface area contributed by atoms with Gasteiger partial charge in [0.1, 0.15) is 11.4 Å². The molecule has 0 radical (unpaired) electrons. The van der Waals surface area contributed by atoms with E-state index < -0.39 is 5.60 Å². The van der Waals surface area contributed by atoms with Crippen LogP contribution in [0.1, 0.15) is 52.1 Å². The molecule has 0 bridgehead atoms. The van der Waals surface area contributed by atoms with Gasteiger partial charge in [0, 0.05) is 30.0 Å². The summed E-state index contributed by atoms with van der Waals surface area (Å²) in [6.07, 6.45) is 5.01. The second-order valence-corrected chi connectivity index (χ2v) is 8.17. The van der Waals surface area contributed by atoms with Crippen LogP contribution in [0.15, 0.2) is 18.3 Å². The van der Waals surface area contributed by atoms with Crippen molar-refractivity contribution < 1.29 is 9.53 Å². The Labute approximate surface area is 165 Å². The quantitative estimate of drug-likeness (QED) is 0.620. The molecule has 2 aromatic heterocycles. The van der Waals surface area contributed by atoms with E-state index in [1.165, 1.54) is 0 Å². The molecule has 1 amide bonds. The summed E-state index contributed by atoms with van der Waals surface area (Å²) in [5.74, 6) is 1.99. The Balaban J connectivity index is 1.47. The van der Waals surface area contributed by atoms with E-state index in [0.717, 1.165) is 37.2 Å². The molecule has 9 heteroatoms. The third kappa shape index (κ3) is 6.11. The van der Waals surface area contributed by atoms with Crippen molar-refractivity contribution in [2.45, 2.75) is 71.1 Å². The minimum atomic E-state index is -0.478. The number of anilines is 3. The normalized spacial score (nSPS) is 19.7. The molecule has 1 aliphatic carbocycles. The van der Waals surface area contributed by atoms with E-state index in [9.17, 15) is 4.79 Å². The SMILES string of the molecule is Cc1cc(Nc2ccnc(N[C@H]3CC[C@H](NC(=O)OC(C)(C)C)CC3)n2)n[nH]1. The number of carbonyl (C=O) groups excluding carboxylic acids is 1. The van der Waals surface area contributed by atoms with Gasteiger partial charge in [0.2, 0.25) is 5.95 Å². The molecule has 2 heterocycles. The van der Waals surface area contributed by atoms with Crippen LogP contribution in [0, 0.1) is 6.92 Å². The number of H-pyrrole nitrogens is 1. The van der Waals surface area contributed by atoms with Gasteiger partial charge in [-0.15, -0.1) is 0 Å². The molecule has 0 aromatic carbocycles. The van der Waals surface area contributed by atoms with Gasteiger partial charge in [-0.3, -0.25) is 5.10 Å². The standard InChI is InChI=1S/C19H29N7O2/c1-12-11-16(26-25-12)23-15-9-10-20-17(24-15)21-13-5-7-14(8-6-13)22-18(27)28-19(2,3)4/h9-11,13-14H,5-8H2,1-4H3,(H,22,27)(H3,20,21,23,24,25,26)/t13-,14-. The average Bonchev–Trinajstić information content (AvgIpc) is 3.00. The number of rotatable bonds is 5. The van der Waals surface area contributed by atoms with E-state index >= 15 is 0 Å². The number of carbonyl (C=O) groups is 1. The van der Waals surface area contributed by atoms with Crippen LogP contribution in [-0.4, -0.2) is 43.9 Å². The number of ether oxygens (including phenoxy) is 1. The highest BCUT2D eigenvalue weighted by Crippen LogP contribution is 2.22. The van der Waals surface area contributed by atoms with Gasteiger partial charge in [-0.2, -0.15) is 10.1 Å². The molecule has 0 spiro atoms. The zero-order valence-electron chi connectivity index (χ0n) is 16.9. The molecule has 9 nitrogen and oxygen atoms in total. The van der Waals surface area contributed by atoms with Crippen molar-refractivity contribution in [1.29, 1.82) is 0 Å². The molecule has 4 N–H and O–H groups in total. The minimum absolute atomic E-state index is 0.143. The van der Waals surface area contributed by atoms with Crippen LogP contribution in [0.4, 0.5) is 22.4 Å². The van der Waals surface area contributed by atoms with Crippen LogP contribution in [-0.2, 0) is 4.74 Å². The Bertz CT molecular complexity index is 792. The number of hydrogen-bond donors (Lipinski definition) is 4. The summed E-state index contributed by atoms with van der Waals surface area (Å²) >= 11 is 0. The lowest BCUT2D eigenvalue weighted by atomic mass is 9.91. The molecule has 152 valence electrons. The molecule has 1 saturated carbocycles. The molecule has 0 atom stereocenters. The third-order valence-electron chi connectivity index (χ3n) is 4.40. The Morgan fingerprint density at radius 2 is 1.89 bits per heavy atom. The lowest BCUT2D eigenvalue weighted by Crippen LogP contribution is -2.42. The highest BCUT2D eigenvalue weighted by atomic mass is 16.6. The Morgan fingerprint density at radius 3 is 2.54 bits per heavy atom. The van der Waals surface area contributed by atoms with Crippen molar-refractivity contribution in [2.24, 2.45) is 0 Å². The zero-order valence-corrected chi connectivity index (χ0v) is 16.9. The summed E-state index contributed by atoms with van der Waals surface area (Å²) in [6.45, 7) is 7.54.